The van der Waals surface area contributed by atoms with Gasteiger partial charge < -0.3 is 10.2 Å². The molecule has 0 spiro atoms. The molecule has 3 heterocycles. The molecule has 2 saturated heterocycles. The van der Waals surface area contributed by atoms with Crippen LogP contribution < -0.4 is 5.32 Å². The van der Waals surface area contributed by atoms with Crippen LogP contribution in [0, 0.1) is 0 Å². The average Bonchev–Trinajstić information content (AvgIpc) is 3.05. The van der Waals surface area contributed by atoms with Crippen LogP contribution in [0.3, 0.4) is 0 Å². The summed E-state index contributed by atoms with van der Waals surface area (Å²) >= 11 is 0. The molecule has 1 amide bonds. The molecule has 1 N–H and O–H groups in total. The summed E-state index contributed by atoms with van der Waals surface area (Å²) in [6.45, 7) is 0.612. The van der Waals surface area contributed by atoms with Crippen LogP contribution in [0.25, 0.3) is 0 Å². The number of hydrogen-bond acceptors (Lipinski definition) is 4. The number of carbonyl (C=O) groups is 1. The minimum Gasteiger partial charge on any atom is -0.343 e. The van der Waals surface area contributed by atoms with Gasteiger partial charge in [0, 0.05) is 31.6 Å². The molecule has 0 radical (unpaired) electrons. The molecule has 6 heteroatoms. The van der Waals surface area contributed by atoms with Crippen molar-refractivity contribution in [2.75, 3.05) is 7.05 Å². The number of aromatic nitrogens is 3. The lowest BCUT2D eigenvalue weighted by Gasteiger charge is -2.35. The lowest BCUT2D eigenvalue weighted by Crippen LogP contribution is -2.48. The van der Waals surface area contributed by atoms with Crippen LogP contribution >= 0.6 is 0 Å². The third-order valence-corrected chi connectivity index (χ3v) is 4.41. The van der Waals surface area contributed by atoms with Crippen LogP contribution in [0.2, 0.25) is 0 Å². The topological polar surface area (TPSA) is 63.1 Å². The second-order valence-corrected chi connectivity index (χ2v) is 5.68. The van der Waals surface area contributed by atoms with E-state index in [9.17, 15) is 4.79 Å². The van der Waals surface area contributed by atoms with Crippen LogP contribution in [-0.4, -0.2) is 50.7 Å². The highest BCUT2D eigenvalue weighted by Gasteiger charge is 2.36. The fraction of sp³-hybridized carbons (Fsp3) is 0.769. The standard InChI is InChI=1S/C13H21N5O/c1-17(12-6-10-2-3-11(7-12)16-10)13(19)4-5-18-9-14-8-15-18/h8-12,16H,2-7H2,1H3. The SMILES string of the molecule is CN(C(=O)CCn1cncn1)C1CC2CCC(C1)N2. The number of aryl methyl sites for hydroxylation is 1. The Bertz CT molecular complexity index is 420. The molecule has 6 nitrogen and oxygen atoms in total. The van der Waals surface area contributed by atoms with Gasteiger partial charge in [-0.25, -0.2) is 4.98 Å². The maximum absolute atomic E-state index is 12.2. The van der Waals surface area contributed by atoms with E-state index in [0.717, 1.165) is 12.8 Å². The molecule has 19 heavy (non-hydrogen) atoms. The summed E-state index contributed by atoms with van der Waals surface area (Å²) in [5.74, 6) is 0.210. The molecule has 0 saturated carbocycles. The molecule has 2 aliphatic rings. The molecule has 0 aliphatic carbocycles. The van der Waals surface area contributed by atoms with Crippen molar-refractivity contribution in [3.8, 4) is 0 Å². The van der Waals surface area contributed by atoms with Crippen molar-refractivity contribution in [1.82, 2.24) is 25.0 Å². The number of amides is 1. The Hall–Kier alpha value is -1.43. The number of carbonyl (C=O) groups excluding carboxylic acids is 1. The van der Waals surface area contributed by atoms with E-state index in [4.69, 9.17) is 0 Å². The van der Waals surface area contributed by atoms with Crippen LogP contribution in [0.5, 0.6) is 0 Å². The lowest BCUT2D eigenvalue weighted by molar-refractivity contribution is -0.133. The number of piperidine rings is 1. The van der Waals surface area contributed by atoms with E-state index in [-0.39, 0.29) is 5.91 Å². The zero-order valence-electron chi connectivity index (χ0n) is 11.3. The normalized spacial score (nSPS) is 29.4. The minimum atomic E-state index is 0.210. The highest BCUT2D eigenvalue weighted by molar-refractivity contribution is 5.76. The van der Waals surface area contributed by atoms with E-state index in [2.05, 4.69) is 15.4 Å². The molecule has 0 aromatic carbocycles. The number of nitrogens with one attached hydrogen (secondary N) is 1. The van der Waals surface area contributed by atoms with Gasteiger partial charge in [-0.05, 0) is 25.7 Å². The van der Waals surface area contributed by atoms with E-state index < -0.39 is 0 Å². The van der Waals surface area contributed by atoms with Crippen molar-refractivity contribution in [3.05, 3.63) is 12.7 Å². The third kappa shape index (κ3) is 2.78. The van der Waals surface area contributed by atoms with E-state index in [1.54, 1.807) is 11.0 Å². The molecule has 2 unspecified atom stereocenters. The Morgan fingerprint density at radius 1 is 1.42 bits per heavy atom. The first-order chi connectivity index (χ1) is 9.22. The summed E-state index contributed by atoms with van der Waals surface area (Å²) in [5.41, 5.74) is 0. The summed E-state index contributed by atoms with van der Waals surface area (Å²) < 4.78 is 1.71. The Morgan fingerprint density at radius 3 is 2.79 bits per heavy atom. The highest BCUT2D eigenvalue weighted by atomic mass is 16.2. The summed E-state index contributed by atoms with van der Waals surface area (Å²) in [6.07, 6.45) is 8.38. The maximum atomic E-state index is 12.2. The summed E-state index contributed by atoms with van der Waals surface area (Å²) in [4.78, 5) is 18.0. The van der Waals surface area contributed by atoms with Crippen molar-refractivity contribution >= 4 is 5.91 Å². The van der Waals surface area contributed by atoms with Gasteiger partial charge in [0.05, 0.1) is 6.54 Å². The number of nitrogens with zero attached hydrogens (tertiary/aromatic N) is 4. The summed E-state index contributed by atoms with van der Waals surface area (Å²) in [6, 6.07) is 1.64. The van der Waals surface area contributed by atoms with E-state index in [1.165, 1.54) is 19.2 Å². The van der Waals surface area contributed by atoms with Crippen LogP contribution in [-0.2, 0) is 11.3 Å². The predicted molar refractivity (Wildman–Crippen MR) is 70.4 cm³/mol. The van der Waals surface area contributed by atoms with Crippen molar-refractivity contribution in [1.29, 1.82) is 0 Å². The number of rotatable bonds is 4. The quantitative estimate of drug-likeness (QED) is 0.854. The number of hydrogen-bond donors (Lipinski definition) is 1. The van der Waals surface area contributed by atoms with Gasteiger partial charge in [0.2, 0.25) is 5.91 Å². The monoisotopic (exact) mass is 263 g/mol. The molecule has 3 rings (SSSR count). The van der Waals surface area contributed by atoms with Crippen molar-refractivity contribution in [2.45, 2.75) is 56.8 Å². The first kappa shape index (κ1) is 12.6. The van der Waals surface area contributed by atoms with Gasteiger partial charge in [0.15, 0.2) is 0 Å². The van der Waals surface area contributed by atoms with Crippen molar-refractivity contribution in [2.24, 2.45) is 0 Å². The number of fused-ring (bicyclic) bond motifs is 2. The van der Waals surface area contributed by atoms with Gasteiger partial charge >= 0.3 is 0 Å². The predicted octanol–water partition coefficient (Wildman–Crippen LogP) is 0.410. The lowest BCUT2D eigenvalue weighted by atomic mass is 9.98. The summed E-state index contributed by atoms with van der Waals surface area (Å²) in [7, 11) is 1.94. The smallest absolute Gasteiger partial charge is 0.224 e. The molecule has 2 atom stereocenters. The first-order valence-corrected chi connectivity index (χ1v) is 7.06. The van der Waals surface area contributed by atoms with Crippen LogP contribution in [0.15, 0.2) is 12.7 Å². The second kappa shape index (κ2) is 5.28. The molecular formula is C13H21N5O. The van der Waals surface area contributed by atoms with Crippen LogP contribution in [0.1, 0.15) is 32.1 Å². The Kier molecular flexibility index (Phi) is 3.50. The Balaban J connectivity index is 1.51. The van der Waals surface area contributed by atoms with Crippen LogP contribution in [0.4, 0.5) is 0 Å². The molecule has 2 fully saturated rings. The molecule has 2 bridgehead atoms. The largest absolute Gasteiger partial charge is 0.343 e. The first-order valence-electron chi connectivity index (χ1n) is 7.06. The third-order valence-electron chi connectivity index (χ3n) is 4.41. The maximum Gasteiger partial charge on any atom is 0.224 e. The van der Waals surface area contributed by atoms with Gasteiger partial charge in [-0.3, -0.25) is 9.48 Å². The average molecular weight is 263 g/mol. The Morgan fingerprint density at radius 2 is 2.16 bits per heavy atom. The fourth-order valence-corrected chi connectivity index (χ4v) is 3.28. The zero-order chi connectivity index (χ0) is 13.2. The van der Waals surface area contributed by atoms with Gasteiger partial charge in [-0.1, -0.05) is 0 Å². The van der Waals surface area contributed by atoms with E-state index >= 15 is 0 Å². The molecule has 2 aliphatic heterocycles. The van der Waals surface area contributed by atoms with Gasteiger partial charge in [-0.2, -0.15) is 5.10 Å². The molecule has 1 aromatic heterocycles. The van der Waals surface area contributed by atoms with E-state index in [0.29, 0.717) is 31.1 Å². The second-order valence-electron chi connectivity index (χ2n) is 5.68. The van der Waals surface area contributed by atoms with Gasteiger partial charge in [0.1, 0.15) is 12.7 Å². The van der Waals surface area contributed by atoms with Gasteiger partial charge in [-0.15, -0.1) is 0 Å². The minimum absolute atomic E-state index is 0.210. The van der Waals surface area contributed by atoms with Gasteiger partial charge in [0.25, 0.3) is 0 Å². The molecule has 104 valence electrons. The van der Waals surface area contributed by atoms with Crippen molar-refractivity contribution < 1.29 is 4.79 Å². The fourth-order valence-electron chi connectivity index (χ4n) is 3.28. The zero-order valence-corrected chi connectivity index (χ0v) is 11.3. The molecule has 1 aromatic rings. The molecular weight excluding hydrogens is 242 g/mol. The van der Waals surface area contributed by atoms with E-state index in [1.807, 2.05) is 11.9 Å². The highest BCUT2D eigenvalue weighted by Crippen LogP contribution is 2.29. The summed E-state index contributed by atoms with van der Waals surface area (Å²) in [5, 5.41) is 7.63. The Labute approximate surface area is 113 Å². The van der Waals surface area contributed by atoms with Crippen molar-refractivity contribution in [3.63, 3.8) is 0 Å².